The summed E-state index contributed by atoms with van der Waals surface area (Å²) in [5, 5.41) is 23.4. The zero-order valence-electron chi connectivity index (χ0n) is 23.5. The molecular formula is C32H29BrF3N5O3. The second-order valence-corrected chi connectivity index (χ2v) is 11.0. The minimum Gasteiger partial charge on any atom is -0.481 e. The first kappa shape index (κ1) is 32.3. The fourth-order valence-corrected chi connectivity index (χ4v) is 5.18. The lowest BCUT2D eigenvalue weighted by Crippen LogP contribution is -2.39. The lowest BCUT2D eigenvalue weighted by Gasteiger charge is -2.26. The Bertz CT molecular complexity index is 1600. The molecule has 0 atom stereocenters. The van der Waals surface area contributed by atoms with Gasteiger partial charge in [-0.2, -0.15) is 18.4 Å². The molecule has 0 heterocycles. The Labute approximate surface area is 261 Å². The van der Waals surface area contributed by atoms with Crippen molar-refractivity contribution < 1.29 is 27.9 Å². The first-order chi connectivity index (χ1) is 21.0. The highest BCUT2D eigenvalue weighted by atomic mass is 79.9. The van der Waals surface area contributed by atoms with Crippen LogP contribution in [-0.2, 0) is 17.5 Å². The number of halogens is 4. The summed E-state index contributed by atoms with van der Waals surface area (Å²) >= 11 is 3.12. The highest BCUT2D eigenvalue weighted by molar-refractivity contribution is 9.10. The molecule has 1 aliphatic rings. The van der Waals surface area contributed by atoms with Crippen molar-refractivity contribution >= 4 is 50.7 Å². The van der Waals surface area contributed by atoms with Crippen molar-refractivity contribution in [3.05, 3.63) is 99.5 Å². The summed E-state index contributed by atoms with van der Waals surface area (Å²) in [4.78, 5) is 29.2. The van der Waals surface area contributed by atoms with Crippen LogP contribution in [0.3, 0.4) is 0 Å². The number of carboxylic acids is 1. The molecule has 8 nitrogen and oxygen atoms in total. The fraction of sp³-hybridized carbons (Fsp3) is 0.250. The molecule has 0 bridgehead atoms. The van der Waals surface area contributed by atoms with E-state index < -0.39 is 23.6 Å². The number of amides is 1. The van der Waals surface area contributed by atoms with E-state index in [2.05, 4.69) is 37.6 Å². The number of guanidine groups is 1. The summed E-state index contributed by atoms with van der Waals surface area (Å²) in [6, 6.07) is 17.5. The molecule has 1 aliphatic carbocycles. The number of rotatable bonds is 9. The Morgan fingerprint density at radius 1 is 1.05 bits per heavy atom. The number of carboxylic acid groups (broad SMARTS) is 1. The molecule has 3 aromatic carbocycles. The summed E-state index contributed by atoms with van der Waals surface area (Å²) in [5.74, 6) is -1.45. The predicted molar refractivity (Wildman–Crippen MR) is 165 cm³/mol. The third-order valence-corrected chi connectivity index (χ3v) is 7.35. The molecule has 0 radical (unpaired) electrons. The zero-order chi connectivity index (χ0) is 31.7. The van der Waals surface area contributed by atoms with Gasteiger partial charge in [-0.15, -0.1) is 0 Å². The lowest BCUT2D eigenvalue weighted by molar-refractivity contribution is -0.138. The number of aliphatic imine (C=N–C) groups is 1. The van der Waals surface area contributed by atoms with Gasteiger partial charge >= 0.3 is 12.1 Å². The molecule has 0 aliphatic heterocycles. The SMILES string of the molecule is N#CNC(=Nc1cc(Br)cc(C(F)(F)F)c1)N(Cc1ccc(C(=O)NCCC(=O)O)cc1)c1ccc(C2=CCCCC2)cc1. The van der Waals surface area contributed by atoms with Crippen LogP contribution in [0.2, 0.25) is 0 Å². The molecule has 0 unspecified atom stereocenters. The van der Waals surface area contributed by atoms with E-state index in [0.717, 1.165) is 43.4 Å². The van der Waals surface area contributed by atoms with Crippen LogP contribution in [0.1, 0.15) is 59.2 Å². The summed E-state index contributed by atoms with van der Waals surface area (Å²) in [6.07, 6.45) is 3.54. The molecule has 4 rings (SSSR count). The van der Waals surface area contributed by atoms with Crippen molar-refractivity contribution in [1.29, 1.82) is 5.26 Å². The standard InChI is InChI=1S/C32H29BrF3N5O3/c33-26-16-25(32(34,35)36)17-27(18-26)40-31(39-20-37)41(28-12-10-23(11-13-28)22-4-2-1-3-5-22)19-21-6-8-24(9-7-21)30(44)38-15-14-29(42)43/h4,6-13,16-18H,1-3,5,14-15,19H2,(H,38,44)(H,39,40)(H,42,43). The minimum absolute atomic E-state index is 0.00107. The number of allylic oxidation sites excluding steroid dienone is 2. The van der Waals surface area contributed by atoms with Crippen LogP contribution in [-0.4, -0.2) is 29.5 Å². The number of alkyl halides is 3. The third-order valence-electron chi connectivity index (χ3n) is 6.89. The minimum atomic E-state index is -4.60. The molecule has 228 valence electrons. The quantitative estimate of drug-likeness (QED) is 0.0948. The van der Waals surface area contributed by atoms with E-state index in [1.165, 1.54) is 11.6 Å². The molecule has 3 aromatic rings. The molecule has 0 saturated heterocycles. The monoisotopic (exact) mass is 667 g/mol. The van der Waals surface area contributed by atoms with Crippen LogP contribution >= 0.6 is 15.9 Å². The lowest BCUT2D eigenvalue weighted by atomic mass is 9.93. The van der Waals surface area contributed by atoms with Gasteiger partial charge in [0.1, 0.15) is 0 Å². The van der Waals surface area contributed by atoms with Crippen molar-refractivity contribution in [2.45, 2.75) is 44.8 Å². The Balaban J connectivity index is 1.69. The maximum Gasteiger partial charge on any atom is 0.416 e. The molecule has 0 saturated carbocycles. The average Bonchev–Trinajstić information content (AvgIpc) is 2.99. The largest absolute Gasteiger partial charge is 0.481 e. The first-order valence-electron chi connectivity index (χ1n) is 13.8. The number of nitriles is 1. The topological polar surface area (TPSA) is 118 Å². The summed E-state index contributed by atoms with van der Waals surface area (Å²) in [7, 11) is 0. The number of nitrogens with zero attached hydrogens (tertiary/aromatic N) is 3. The Morgan fingerprint density at radius 3 is 2.39 bits per heavy atom. The molecule has 44 heavy (non-hydrogen) atoms. The van der Waals surface area contributed by atoms with Crippen LogP contribution in [0.5, 0.6) is 0 Å². The van der Waals surface area contributed by atoms with E-state index >= 15 is 0 Å². The van der Waals surface area contributed by atoms with Gasteiger partial charge < -0.3 is 15.3 Å². The van der Waals surface area contributed by atoms with E-state index in [1.807, 2.05) is 30.5 Å². The van der Waals surface area contributed by atoms with Gasteiger partial charge in [-0.3, -0.25) is 14.9 Å². The number of carbonyl (C=O) groups is 2. The highest BCUT2D eigenvalue weighted by Crippen LogP contribution is 2.35. The Morgan fingerprint density at radius 2 is 1.77 bits per heavy atom. The number of hydrogen-bond donors (Lipinski definition) is 3. The Kier molecular flexibility index (Phi) is 10.8. The second-order valence-electron chi connectivity index (χ2n) is 10.1. The smallest absolute Gasteiger partial charge is 0.416 e. The van der Waals surface area contributed by atoms with Gasteiger partial charge in [-0.1, -0.05) is 46.3 Å². The van der Waals surface area contributed by atoms with Crippen molar-refractivity contribution in [3.8, 4) is 6.19 Å². The fourth-order valence-electron chi connectivity index (χ4n) is 4.70. The first-order valence-corrected chi connectivity index (χ1v) is 14.6. The number of nitrogens with one attached hydrogen (secondary N) is 2. The number of carbonyl (C=O) groups excluding carboxylic acids is 1. The van der Waals surface area contributed by atoms with Gasteiger partial charge in [-0.25, -0.2) is 4.99 Å². The highest BCUT2D eigenvalue weighted by Gasteiger charge is 2.31. The molecule has 3 N–H and O–H groups in total. The molecule has 0 aromatic heterocycles. The van der Waals surface area contributed by atoms with Gasteiger partial charge in [0.05, 0.1) is 24.2 Å². The number of aliphatic carboxylic acids is 1. The Hall–Kier alpha value is -4.63. The summed E-state index contributed by atoms with van der Waals surface area (Å²) in [5.41, 5.74) is 3.08. The summed E-state index contributed by atoms with van der Waals surface area (Å²) < 4.78 is 40.7. The van der Waals surface area contributed by atoms with E-state index in [-0.39, 0.29) is 35.6 Å². The van der Waals surface area contributed by atoms with Crippen LogP contribution in [0.25, 0.3) is 5.57 Å². The molecule has 1 amide bonds. The van der Waals surface area contributed by atoms with Crippen LogP contribution in [0, 0.1) is 11.5 Å². The van der Waals surface area contributed by atoms with Crippen LogP contribution < -0.4 is 15.5 Å². The molecule has 0 fully saturated rings. The van der Waals surface area contributed by atoms with E-state index in [9.17, 15) is 28.0 Å². The van der Waals surface area contributed by atoms with Crippen molar-refractivity contribution in [2.75, 3.05) is 11.4 Å². The van der Waals surface area contributed by atoms with Gasteiger partial charge in [0, 0.05) is 22.3 Å². The number of anilines is 1. The van der Waals surface area contributed by atoms with E-state index in [0.29, 0.717) is 16.8 Å². The molecule has 12 heteroatoms. The van der Waals surface area contributed by atoms with Crippen molar-refractivity contribution in [2.24, 2.45) is 4.99 Å². The maximum atomic E-state index is 13.5. The van der Waals surface area contributed by atoms with E-state index in [4.69, 9.17) is 5.11 Å². The maximum absolute atomic E-state index is 13.5. The average molecular weight is 669 g/mol. The van der Waals surface area contributed by atoms with Crippen molar-refractivity contribution in [1.82, 2.24) is 10.6 Å². The number of hydrogen-bond acceptors (Lipinski definition) is 4. The van der Waals surface area contributed by atoms with Gasteiger partial charge in [-0.05, 0) is 84.8 Å². The van der Waals surface area contributed by atoms with E-state index in [1.54, 1.807) is 29.2 Å². The predicted octanol–water partition coefficient (Wildman–Crippen LogP) is 7.39. The van der Waals surface area contributed by atoms with Crippen LogP contribution in [0.15, 0.2) is 82.3 Å². The van der Waals surface area contributed by atoms with Gasteiger partial charge in [0.25, 0.3) is 5.91 Å². The van der Waals surface area contributed by atoms with Gasteiger partial charge in [0.15, 0.2) is 6.19 Å². The molecular weight excluding hydrogens is 639 g/mol. The van der Waals surface area contributed by atoms with Crippen molar-refractivity contribution in [3.63, 3.8) is 0 Å². The molecule has 0 spiro atoms. The second kappa shape index (κ2) is 14.7. The van der Waals surface area contributed by atoms with Gasteiger partial charge in [0.2, 0.25) is 5.96 Å². The number of benzene rings is 3. The normalized spacial score (nSPS) is 13.4. The zero-order valence-corrected chi connectivity index (χ0v) is 25.1. The van der Waals surface area contributed by atoms with Crippen LogP contribution in [0.4, 0.5) is 24.5 Å². The summed E-state index contributed by atoms with van der Waals surface area (Å²) in [6.45, 7) is 0.137. The third kappa shape index (κ3) is 8.94.